The topological polar surface area (TPSA) is 26.3 Å². The third kappa shape index (κ3) is 4.79. The lowest BCUT2D eigenvalue weighted by atomic mass is 10.1. The summed E-state index contributed by atoms with van der Waals surface area (Å²) in [5.74, 6) is 1.09. The molecule has 0 heterocycles. The van der Waals surface area contributed by atoms with Crippen LogP contribution in [0.3, 0.4) is 0 Å². The molecule has 15 heavy (non-hydrogen) atoms. The molecule has 0 radical (unpaired) electrons. The van der Waals surface area contributed by atoms with Gasteiger partial charge >= 0.3 is 0 Å². The highest BCUT2D eigenvalue weighted by molar-refractivity contribution is 6.70. The molecule has 0 bridgehead atoms. The predicted molar refractivity (Wildman–Crippen MR) is 64.8 cm³/mol. The lowest BCUT2D eigenvalue weighted by molar-refractivity contribution is -0.116. The lowest BCUT2D eigenvalue weighted by Gasteiger charge is -2.19. The van der Waals surface area contributed by atoms with E-state index in [4.69, 9.17) is 4.43 Å². The zero-order valence-electron chi connectivity index (χ0n) is 9.83. The Hall–Kier alpha value is -1.09. The Bertz CT molecular complexity index is 336. The van der Waals surface area contributed by atoms with Crippen LogP contribution >= 0.6 is 0 Å². The second kappa shape index (κ2) is 4.62. The molecule has 0 fully saturated rings. The van der Waals surface area contributed by atoms with Gasteiger partial charge in [0.25, 0.3) is 0 Å². The van der Waals surface area contributed by atoms with Crippen molar-refractivity contribution in [3.63, 3.8) is 0 Å². The quantitative estimate of drug-likeness (QED) is 0.732. The third-order valence-electron chi connectivity index (χ3n) is 1.80. The van der Waals surface area contributed by atoms with Gasteiger partial charge in [0.1, 0.15) is 11.5 Å². The number of benzene rings is 1. The molecule has 82 valence electrons. The molecular formula is C12H18O2Si. The van der Waals surface area contributed by atoms with Gasteiger partial charge < -0.3 is 4.43 Å². The first-order valence-corrected chi connectivity index (χ1v) is 8.55. The van der Waals surface area contributed by atoms with Crippen molar-refractivity contribution in [3.05, 3.63) is 29.8 Å². The first-order valence-electron chi connectivity index (χ1n) is 5.14. The molecule has 3 heteroatoms. The van der Waals surface area contributed by atoms with E-state index in [0.717, 1.165) is 11.3 Å². The molecule has 1 aromatic rings. The predicted octanol–water partition coefficient (Wildman–Crippen LogP) is 3.03. The van der Waals surface area contributed by atoms with Gasteiger partial charge in [-0.05, 0) is 44.3 Å². The molecule has 0 aromatic heterocycles. The van der Waals surface area contributed by atoms with Crippen LogP contribution in [0.25, 0.3) is 0 Å². The van der Waals surface area contributed by atoms with Crippen molar-refractivity contribution < 1.29 is 9.22 Å². The maximum Gasteiger partial charge on any atom is 0.242 e. The van der Waals surface area contributed by atoms with Crippen molar-refractivity contribution in [3.8, 4) is 5.75 Å². The highest BCUT2D eigenvalue weighted by Gasteiger charge is 2.15. The van der Waals surface area contributed by atoms with Crippen LogP contribution in [0.2, 0.25) is 19.6 Å². The van der Waals surface area contributed by atoms with E-state index in [1.165, 1.54) is 0 Å². The SMILES string of the molecule is CC(=O)Cc1ccc(O[Si](C)(C)C)cc1. The smallest absolute Gasteiger partial charge is 0.242 e. The molecule has 0 spiro atoms. The molecule has 0 aliphatic rings. The molecule has 0 saturated carbocycles. The maximum absolute atomic E-state index is 10.9. The van der Waals surface area contributed by atoms with Gasteiger partial charge in [0, 0.05) is 6.42 Å². The minimum absolute atomic E-state index is 0.189. The summed E-state index contributed by atoms with van der Waals surface area (Å²) in [6, 6.07) is 7.79. The monoisotopic (exact) mass is 222 g/mol. The summed E-state index contributed by atoms with van der Waals surface area (Å²) in [6.45, 7) is 8.05. The second-order valence-electron chi connectivity index (χ2n) is 4.74. The minimum atomic E-state index is -1.51. The zero-order valence-corrected chi connectivity index (χ0v) is 10.8. The molecule has 2 nitrogen and oxygen atoms in total. The molecule has 0 saturated heterocycles. The largest absolute Gasteiger partial charge is 0.544 e. The van der Waals surface area contributed by atoms with Crippen LogP contribution in [-0.2, 0) is 11.2 Å². The van der Waals surface area contributed by atoms with Crippen LogP contribution in [0.1, 0.15) is 12.5 Å². The average Bonchev–Trinajstić information content (AvgIpc) is 2.05. The Morgan fingerprint density at radius 1 is 1.20 bits per heavy atom. The molecule has 1 aromatic carbocycles. The molecule has 0 aliphatic heterocycles. The normalized spacial score (nSPS) is 11.2. The Morgan fingerprint density at radius 3 is 2.13 bits per heavy atom. The number of hydrogen-bond acceptors (Lipinski definition) is 2. The van der Waals surface area contributed by atoms with Gasteiger partial charge in [0.2, 0.25) is 8.32 Å². The van der Waals surface area contributed by atoms with Gasteiger partial charge in [-0.2, -0.15) is 0 Å². The van der Waals surface area contributed by atoms with E-state index in [0.29, 0.717) is 6.42 Å². The van der Waals surface area contributed by atoms with Crippen molar-refractivity contribution in [2.75, 3.05) is 0 Å². The van der Waals surface area contributed by atoms with Crippen molar-refractivity contribution in [1.29, 1.82) is 0 Å². The van der Waals surface area contributed by atoms with Crippen LogP contribution in [0, 0.1) is 0 Å². The van der Waals surface area contributed by atoms with E-state index in [9.17, 15) is 4.79 Å². The summed E-state index contributed by atoms with van der Waals surface area (Å²) < 4.78 is 5.82. The lowest BCUT2D eigenvalue weighted by Crippen LogP contribution is -2.29. The van der Waals surface area contributed by atoms with Gasteiger partial charge in [-0.25, -0.2) is 0 Å². The standard InChI is InChI=1S/C12H18O2Si/c1-10(13)9-11-5-7-12(8-6-11)14-15(2,3)4/h5-8H,9H2,1-4H3. The van der Waals surface area contributed by atoms with Crippen molar-refractivity contribution >= 4 is 14.1 Å². The number of carbonyl (C=O) groups is 1. The number of carbonyl (C=O) groups excluding carboxylic acids is 1. The highest BCUT2D eigenvalue weighted by atomic mass is 28.4. The Labute approximate surface area is 92.4 Å². The first kappa shape index (κ1) is 12.0. The van der Waals surface area contributed by atoms with Crippen LogP contribution in [0.4, 0.5) is 0 Å². The highest BCUT2D eigenvalue weighted by Crippen LogP contribution is 2.17. The molecule has 0 unspecified atom stereocenters. The van der Waals surface area contributed by atoms with Gasteiger partial charge in [0.05, 0.1) is 0 Å². The van der Waals surface area contributed by atoms with Gasteiger partial charge in [-0.3, -0.25) is 4.79 Å². The van der Waals surface area contributed by atoms with Crippen LogP contribution in [0.15, 0.2) is 24.3 Å². The summed E-state index contributed by atoms with van der Waals surface area (Å²) in [5.41, 5.74) is 1.05. The summed E-state index contributed by atoms with van der Waals surface area (Å²) in [7, 11) is -1.51. The van der Waals surface area contributed by atoms with E-state index in [1.807, 2.05) is 24.3 Å². The van der Waals surface area contributed by atoms with E-state index in [1.54, 1.807) is 6.92 Å². The van der Waals surface area contributed by atoms with Crippen molar-refractivity contribution in [2.24, 2.45) is 0 Å². The molecule has 0 N–H and O–H groups in total. The van der Waals surface area contributed by atoms with Gasteiger partial charge in [0.15, 0.2) is 0 Å². The minimum Gasteiger partial charge on any atom is -0.544 e. The fraction of sp³-hybridized carbons (Fsp3) is 0.417. The van der Waals surface area contributed by atoms with E-state index in [2.05, 4.69) is 19.6 Å². The Morgan fingerprint density at radius 2 is 1.73 bits per heavy atom. The average molecular weight is 222 g/mol. The maximum atomic E-state index is 10.9. The molecule has 0 aliphatic carbocycles. The molecule has 0 amide bonds. The molecule has 1 rings (SSSR count). The fourth-order valence-electron chi connectivity index (χ4n) is 1.32. The second-order valence-corrected chi connectivity index (χ2v) is 9.17. The summed E-state index contributed by atoms with van der Waals surface area (Å²) in [6.07, 6.45) is 0.507. The zero-order chi connectivity index (χ0) is 11.5. The van der Waals surface area contributed by atoms with E-state index >= 15 is 0 Å². The number of Topliss-reactive ketones (excluding diaryl/α,β-unsaturated/α-hetero) is 1. The number of rotatable bonds is 4. The van der Waals surface area contributed by atoms with Crippen molar-refractivity contribution in [1.82, 2.24) is 0 Å². The fourth-order valence-corrected chi connectivity index (χ4v) is 2.16. The van der Waals surface area contributed by atoms with Crippen LogP contribution in [-0.4, -0.2) is 14.1 Å². The first-order chi connectivity index (χ1) is 6.87. The molecule has 0 atom stereocenters. The summed E-state index contributed by atoms with van der Waals surface area (Å²) in [4.78, 5) is 10.9. The number of hydrogen-bond donors (Lipinski definition) is 0. The van der Waals surface area contributed by atoms with Crippen LogP contribution in [0.5, 0.6) is 5.75 Å². The Balaban J connectivity index is 2.68. The molecular weight excluding hydrogens is 204 g/mol. The van der Waals surface area contributed by atoms with Gasteiger partial charge in [-0.15, -0.1) is 0 Å². The van der Waals surface area contributed by atoms with Crippen molar-refractivity contribution in [2.45, 2.75) is 33.0 Å². The Kier molecular flexibility index (Phi) is 3.69. The van der Waals surface area contributed by atoms with E-state index < -0.39 is 8.32 Å². The third-order valence-corrected chi connectivity index (χ3v) is 2.65. The number of ketones is 1. The van der Waals surface area contributed by atoms with E-state index in [-0.39, 0.29) is 5.78 Å². The summed E-state index contributed by atoms with van der Waals surface area (Å²) >= 11 is 0. The van der Waals surface area contributed by atoms with Crippen LogP contribution < -0.4 is 4.43 Å². The summed E-state index contributed by atoms with van der Waals surface area (Å²) in [5, 5.41) is 0. The van der Waals surface area contributed by atoms with Gasteiger partial charge in [-0.1, -0.05) is 12.1 Å².